The SMILES string of the molecule is Cc1cc([N+](=O)[O-])cnc1NCc1ccc(C(=O)OC(C)(C)C)cc1. The van der Waals surface area contributed by atoms with Crippen LogP contribution < -0.4 is 5.32 Å². The van der Waals surface area contributed by atoms with Gasteiger partial charge in [0.15, 0.2) is 0 Å². The molecule has 0 amide bonds. The van der Waals surface area contributed by atoms with Crippen LogP contribution in [-0.4, -0.2) is 21.5 Å². The van der Waals surface area contributed by atoms with Crippen molar-refractivity contribution < 1.29 is 14.5 Å². The number of rotatable bonds is 5. The molecule has 132 valence electrons. The standard InChI is InChI=1S/C18H21N3O4/c1-12-9-15(21(23)24)11-20-16(12)19-10-13-5-7-14(8-6-13)17(22)25-18(2,3)4/h5-9,11H,10H2,1-4H3,(H,19,20). The molecule has 1 N–H and O–H groups in total. The van der Waals surface area contributed by atoms with Gasteiger partial charge < -0.3 is 10.1 Å². The highest BCUT2D eigenvalue weighted by Crippen LogP contribution is 2.19. The quantitative estimate of drug-likeness (QED) is 0.503. The van der Waals surface area contributed by atoms with Crippen LogP contribution in [0.15, 0.2) is 36.5 Å². The first-order valence-corrected chi connectivity index (χ1v) is 7.83. The summed E-state index contributed by atoms with van der Waals surface area (Å²) in [5.41, 5.74) is 1.57. The van der Waals surface area contributed by atoms with Crippen molar-refractivity contribution in [3.8, 4) is 0 Å². The highest BCUT2D eigenvalue weighted by Gasteiger charge is 2.17. The zero-order valence-electron chi connectivity index (χ0n) is 14.7. The van der Waals surface area contributed by atoms with Crippen LogP contribution >= 0.6 is 0 Å². The highest BCUT2D eigenvalue weighted by molar-refractivity contribution is 5.89. The van der Waals surface area contributed by atoms with Gasteiger partial charge in [0, 0.05) is 12.6 Å². The topological polar surface area (TPSA) is 94.4 Å². The van der Waals surface area contributed by atoms with Gasteiger partial charge in [-0.25, -0.2) is 9.78 Å². The summed E-state index contributed by atoms with van der Waals surface area (Å²) in [5.74, 6) is 0.224. The molecule has 0 aliphatic heterocycles. The van der Waals surface area contributed by atoms with Crippen LogP contribution in [0.25, 0.3) is 0 Å². The Labute approximate surface area is 146 Å². The lowest BCUT2D eigenvalue weighted by Crippen LogP contribution is -2.23. The number of pyridine rings is 1. The van der Waals surface area contributed by atoms with Crippen molar-refractivity contribution in [1.29, 1.82) is 0 Å². The summed E-state index contributed by atoms with van der Waals surface area (Å²) in [7, 11) is 0. The van der Waals surface area contributed by atoms with E-state index in [-0.39, 0.29) is 11.7 Å². The average molecular weight is 343 g/mol. The van der Waals surface area contributed by atoms with Gasteiger partial charge in [0.25, 0.3) is 5.69 Å². The number of nitro groups is 1. The fourth-order valence-corrected chi connectivity index (χ4v) is 2.13. The summed E-state index contributed by atoms with van der Waals surface area (Å²) >= 11 is 0. The fraction of sp³-hybridized carbons (Fsp3) is 0.333. The monoisotopic (exact) mass is 343 g/mol. The van der Waals surface area contributed by atoms with E-state index in [1.807, 2.05) is 32.9 Å². The number of carbonyl (C=O) groups is 1. The van der Waals surface area contributed by atoms with Gasteiger partial charge in [-0.3, -0.25) is 10.1 Å². The van der Waals surface area contributed by atoms with Crippen LogP contribution in [0.1, 0.15) is 42.3 Å². The lowest BCUT2D eigenvalue weighted by molar-refractivity contribution is -0.385. The van der Waals surface area contributed by atoms with Gasteiger partial charge in [0.2, 0.25) is 0 Å². The summed E-state index contributed by atoms with van der Waals surface area (Å²) in [4.78, 5) is 26.3. The van der Waals surface area contributed by atoms with Crippen molar-refractivity contribution in [2.24, 2.45) is 0 Å². The molecule has 1 heterocycles. The number of hydrogen-bond donors (Lipinski definition) is 1. The van der Waals surface area contributed by atoms with Crippen molar-refractivity contribution in [1.82, 2.24) is 4.98 Å². The molecule has 2 aromatic rings. The molecule has 1 aromatic carbocycles. The summed E-state index contributed by atoms with van der Waals surface area (Å²) in [6.45, 7) is 7.71. The molecule has 0 fully saturated rings. The molecular weight excluding hydrogens is 322 g/mol. The average Bonchev–Trinajstić information content (AvgIpc) is 2.52. The summed E-state index contributed by atoms with van der Waals surface area (Å²) < 4.78 is 5.32. The van der Waals surface area contributed by atoms with Gasteiger partial charge in [-0.05, 0) is 51.0 Å². The number of benzene rings is 1. The molecule has 0 spiro atoms. The van der Waals surface area contributed by atoms with Crippen molar-refractivity contribution >= 4 is 17.5 Å². The lowest BCUT2D eigenvalue weighted by Gasteiger charge is -2.19. The second-order valence-corrected chi connectivity index (χ2v) is 6.67. The minimum atomic E-state index is -0.531. The van der Waals surface area contributed by atoms with Crippen molar-refractivity contribution in [3.63, 3.8) is 0 Å². The minimum absolute atomic E-state index is 0.0373. The predicted molar refractivity (Wildman–Crippen MR) is 94.6 cm³/mol. The summed E-state index contributed by atoms with van der Waals surface area (Å²) in [6, 6.07) is 8.54. The highest BCUT2D eigenvalue weighted by atomic mass is 16.6. The smallest absolute Gasteiger partial charge is 0.338 e. The normalized spacial score (nSPS) is 11.0. The number of hydrogen-bond acceptors (Lipinski definition) is 6. The van der Waals surface area contributed by atoms with Crippen LogP contribution in [-0.2, 0) is 11.3 Å². The van der Waals surface area contributed by atoms with E-state index < -0.39 is 10.5 Å². The van der Waals surface area contributed by atoms with Gasteiger partial charge in [0.05, 0.1) is 10.5 Å². The number of nitrogens with zero attached hydrogens (tertiary/aromatic N) is 2. The van der Waals surface area contributed by atoms with Gasteiger partial charge >= 0.3 is 5.97 Å². The number of anilines is 1. The summed E-state index contributed by atoms with van der Waals surface area (Å²) in [6.07, 6.45) is 1.22. The first-order chi connectivity index (χ1) is 11.7. The number of carbonyl (C=O) groups excluding carboxylic acids is 1. The van der Waals surface area contributed by atoms with Crippen LogP contribution in [0.3, 0.4) is 0 Å². The molecule has 0 unspecified atom stereocenters. The first kappa shape index (κ1) is 18.4. The Balaban J connectivity index is 2.00. The molecule has 7 heteroatoms. The second-order valence-electron chi connectivity index (χ2n) is 6.67. The van der Waals surface area contributed by atoms with E-state index in [0.29, 0.717) is 23.5 Å². The van der Waals surface area contributed by atoms with Crippen molar-refractivity contribution in [3.05, 3.63) is 63.3 Å². The zero-order chi connectivity index (χ0) is 18.6. The Morgan fingerprint density at radius 2 is 1.92 bits per heavy atom. The third kappa shape index (κ3) is 5.27. The Morgan fingerprint density at radius 1 is 1.28 bits per heavy atom. The van der Waals surface area contributed by atoms with Crippen LogP contribution in [0.4, 0.5) is 11.5 Å². The Bertz CT molecular complexity index is 780. The molecule has 0 aliphatic carbocycles. The van der Waals surface area contributed by atoms with E-state index in [1.54, 1.807) is 19.1 Å². The Morgan fingerprint density at radius 3 is 2.44 bits per heavy atom. The Hall–Kier alpha value is -2.96. The molecule has 0 saturated carbocycles. The molecule has 0 aliphatic rings. The number of nitrogens with one attached hydrogen (secondary N) is 1. The molecule has 1 aromatic heterocycles. The zero-order valence-corrected chi connectivity index (χ0v) is 14.7. The van der Waals surface area contributed by atoms with Crippen LogP contribution in [0.2, 0.25) is 0 Å². The number of esters is 1. The van der Waals surface area contributed by atoms with E-state index in [9.17, 15) is 14.9 Å². The fourth-order valence-electron chi connectivity index (χ4n) is 2.13. The lowest BCUT2D eigenvalue weighted by atomic mass is 10.1. The third-order valence-corrected chi connectivity index (χ3v) is 3.32. The van der Waals surface area contributed by atoms with Gasteiger partial charge in [-0.1, -0.05) is 12.1 Å². The van der Waals surface area contributed by atoms with E-state index in [4.69, 9.17) is 4.74 Å². The van der Waals surface area contributed by atoms with E-state index in [0.717, 1.165) is 5.56 Å². The maximum Gasteiger partial charge on any atom is 0.338 e. The molecule has 0 atom stereocenters. The van der Waals surface area contributed by atoms with Crippen LogP contribution in [0.5, 0.6) is 0 Å². The molecule has 0 bridgehead atoms. The molecule has 2 rings (SSSR count). The predicted octanol–water partition coefficient (Wildman–Crippen LogP) is 3.87. The Kier molecular flexibility index (Phi) is 5.36. The maximum absolute atomic E-state index is 12.0. The van der Waals surface area contributed by atoms with Crippen LogP contribution in [0, 0.1) is 17.0 Å². The molecule has 25 heavy (non-hydrogen) atoms. The molecule has 7 nitrogen and oxygen atoms in total. The number of aryl methyl sites for hydroxylation is 1. The van der Waals surface area contributed by atoms with Gasteiger partial charge in [-0.15, -0.1) is 0 Å². The van der Waals surface area contributed by atoms with Gasteiger partial charge in [0.1, 0.15) is 17.6 Å². The molecule has 0 saturated heterocycles. The maximum atomic E-state index is 12.0. The second kappa shape index (κ2) is 7.29. The molecular formula is C18H21N3O4. The number of ether oxygens (including phenoxy) is 1. The number of aromatic nitrogens is 1. The summed E-state index contributed by atoms with van der Waals surface area (Å²) in [5, 5.41) is 13.9. The van der Waals surface area contributed by atoms with E-state index >= 15 is 0 Å². The van der Waals surface area contributed by atoms with Crippen molar-refractivity contribution in [2.45, 2.75) is 39.8 Å². The van der Waals surface area contributed by atoms with E-state index in [2.05, 4.69) is 10.3 Å². The van der Waals surface area contributed by atoms with Crippen molar-refractivity contribution in [2.75, 3.05) is 5.32 Å². The van der Waals surface area contributed by atoms with Gasteiger partial charge in [-0.2, -0.15) is 0 Å². The largest absolute Gasteiger partial charge is 0.456 e. The first-order valence-electron chi connectivity index (χ1n) is 7.83. The molecule has 0 radical (unpaired) electrons. The van der Waals surface area contributed by atoms with E-state index in [1.165, 1.54) is 12.3 Å². The minimum Gasteiger partial charge on any atom is -0.456 e. The third-order valence-electron chi connectivity index (χ3n) is 3.32.